The molecular weight excluding hydrogens is 312 g/mol. The van der Waals surface area contributed by atoms with Crippen molar-refractivity contribution >= 4 is 11.8 Å². The number of hydrogen-bond donors (Lipinski definition) is 0. The van der Waals surface area contributed by atoms with E-state index in [1.807, 2.05) is 79.1 Å². The number of carbonyl (C=O) groups is 2. The zero-order valence-corrected chi connectivity index (χ0v) is 15.0. The third-order valence-corrected chi connectivity index (χ3v) is 4.77. The van der Waals surface area contributed by atoms with Gasteiger partial charge in [0.2, 0.25) is 0 Å². The Morgan fingerprint density at radius 2 is 1.28 bits per heavy atom. The summed E-state index contributed by atoms with van der Waals surface area (Å²) >= 11 is 0. The summed E-state index contributed by atoms with van der Waals surface area (Å²) in [6.07, 6.45) is 0. The van der Waals surface area contributed by atoms with Gasteiger partial charge in [-0.15, -0.1) is 0 Å². The lowest BCUT2D eigenvalue weighted by molar-refractivity contribution is 0.0414. The molecule has 1 fully saturated rings. The van der Waals surface area contributed by atoms with Gasteiger partial charge in [0.1, 0.15) is 0 Å². The average molecular weight is 336 g/mol. The van der Waals surface area contributed by atoms with Crippen molar-refractivity contribution in [2.75, 3.05) is 19.6 Å². The molecule has 0 spiro atoms. The highest BCUT2D eigenvalue weighted by molar-refractivity contribution is 5.96. The van der Waals surface area contributed by atoms with Crippen LogP contribution in [0.1, 0.15) is 38.8 Å². The lowest BCUT2D eigenvalue weighted by Gasteiger charge is -2.40. The number of aryl methyl sites for hydroxylation is 2. The van der Waals surface area contributed by atoms with Crippen LogP contribution in [-0.2, 0) is 0 Å². The zero-order valence-electron chi connectivity index (χ0n) is 15.0. The Labute approximate surface area is 149 Å². The van der Waals surface area contributed by atoms with Gasteiger partial charge in [0.25, 0.3) is 11.8 Å². The van der Waals surface area contributed by atoms with Gasteiger partial charge >= 0.3 is 0 Å². The van der Waals surface area contributed by atoms with Crippen molar-refractivity contribution in [1.82, 2.24) is 9.80 Å². The molecule has 0 aliphatic carbocycles. The van der Waals surface area contributed by atoms with Crippen LogP contribution in [0, 0.1) is 13.8 Å². The van der Waals surface area contributed by atoms with Crippen LogP contribution >= 0.6 is 0 Å². The standard InChI is InChI=1S/C21H24N2O2/c1-15-4-8-18(9-5-15)20(24)22-12-13-23(17(3)14-22)21(25)19-10-6-16(2)7-11-19/h4-11,17H,12-14H2,1-3H3/t17-/m0/s1. The predicted molar refractivity (Wildman–Crippen MR) is 98.8 cm³/mol. The molecule has 1 aliphatic heterocycles. The van der Waals surface area contributed by atoms with Crippen molar-refractivity contribution in [1.29, 1.82) is 0 Å². The SMILES string of the molecule is Cc1ccc(C(=O)N2CCN(C(=O)c3ccc(C)cc3)[C@@H](C)C2)cc1. The fraction of sp³-hybridized carbons (Fsp3) is 0.333. The van der Waals surface area contributed by atoms with E-state index >= 15 is 0 Å². The van der Waals surface area contributed by atoms with E-state index in [1.54, 1.807) is 0 Å². The molecule has 2 aromatic rings. The predicted octanol–water partition coefficient (Wildman–Crippen LogP) is 3.29. The van der Waals surface area contributed by atoms with Crippen molar-refractivity contribution in [2.24, 2.45) is 0 Å². The highest BCUT2D eigenvalue weighted by atomic mass is 16.2. The fourth-order valence-electron chi connectivity index (χ4n) is 3.18. The van der Waals surface area contributed by atoms with E-state index in [-0.39, 0.29) is 17.9 Å². The Balaban J connectivity index is 1.67. The van der Waals surface area contributed by atoms with Gasteiger partial charge in [0, 0.05) is 36.8 Å². The monoisotopic (exact) mass is 336 g/mol. The Bertz CT molecular complexity index is 765. The van der Waals surface area contributed by atoms with Crippen LogP contribution in [0.3, 0.4) is 0 Å². The number of carbonyl (C=O) groups excluding carboxylic acids is 2. The molecule has 1 atom stereocenters. The molecule has 2 amide bonds. The Morgan fingerprint density at radius 1 is 0.800 bits per heavy atom. The topological polar surface area (TPSA) is 40.6 Å². The average Bonchev–Trinajstić information content (AvgIpc) is 2.62. The minimum atomic E-state index is -0.00282. The molecule has 0 aromatic heterocycles. The van der Waals surface area contributed by atoms with Crippen molar-refractivity contribution in [3.8, 4) is 0 Å². The number of nitrogens with zero attached hydrogens (tertiary/aromatic N) is 2. The second kappa shape index (κ2) is 7.09. The smallest absolute Gasteiger partial charge is 0.254 e. The minimum Gasteiger partial charge on any atom is -0.335 e. The van der Waals surface area contributed by atoms with Gasteiger partial charge in [-0.1, -0.05) is 35.4 Å². The van der Waals surface area contributed by atoms with Gasteiger partial charge < -0.3 is 9.80 Å². The van der Waals surface area contributed by atoms with Gasteiger partial charge in [-0.3, -0.25) is 9.59 Å². The van der Waals surface area contributed by atoms with E-state index in [2.05, 4.69) is 0 Å². The Hall–Kier alpha value is -2.62. The fourth-order valence-corrected chi connectivity index (χ4v) is 3.18. The molecule has 0 radical (unpaired) electrons. The summed E-state index contributed by atoms with van der Waals surface area (Å²) in [5.74, 6) is 0.0734. The van der Waals surface area contributed by atoms with E-state index < -0.39 is 0 Å². The first-order valence-electron chi connectivity index (χ1n) is 8.69. The minimum absolute atomic E-state index is 0.00282. The maximum absolute atomic E-state index is 12.7. The van der Waals surface area contributed by atoms with Crippen LogP contribution in [0.5, 0.6) is 0 Å². The van der Waals surface area contributed by atoms with E-state index in [4.69, 9.17) is 0 Å². The summed E-state index contributed by atoms with van der Waals surface area (Å²) in [4.78, 5) is 29.1. The lowest BCUT2D eigenvalue weighted by Crippen LogP contribution is -2.55. The summed E-state index contributed by atoms with van der Waals surface area (Å²) in [6, 6.07) is 15.3. The van der Waals surface area contributed by atoms with E-state index in [0.717, 1.165) is 11.1 Å². The molecule has 3 rings (SSSR count). The molecule has 1 heterocycles. The maximum atomic E-state index is 12.7. The van der Waals surface area contributed by atoms with Crippen molar-refractivity contribution < 1.29 is 9.59 Å². The Morgan fingerprint density at radius 3 is 1.76 bits per heavy atom. The van der Waals surface area contributed by atoms with Crippen LogP contribution in [0.2, 0.25) is 0 Å². The summed E-state index contributed by atoms with van der Waals surface area (Å²) in [7, 11) is 0. The van der Waals surface area contributed by atoms with Gasteiger partial charge in [0.15, 0.2) is 0 Å². The normalized spacial score (nSPS) is 17.5. The van der Waals surface area contributed by atoms with Crippen molar-refractivity contribution in [2.45, 2.75) is 26.8 Å². The zero-order chi connectivity index (χ0) is 18.0. The highest BCUT2D eigenvalue weighted by Gasteiger charge is 2.30. The maximum Gasteiger partial charge on any atom is 0.254 e. The molecule has 4 nitrogen and oxygen atoms in total. The molecule has 0 bridgehead atoms. The quantitative estimate of drug-likeness (QED) is 0.844. The van der Waals surface area contributed by atoms with Gasteiger partial charge in [0.05, 0.1) is 0 Å². The summed E-state index contributed by atoms with van der Waals surface area (Å²) in [5.41, 5.74) is 3.68. The van der Waals surface area contributed by atoms with E-state index in [0.29, 0.717) is 30.8 Å². The highest BCUT2D eigenvalue weighted by Crippen LogP contribution is 2.17. The third-order valence-electron chi connectivity index (χ3n) is 4.77. The van der Waals surface area contributed by atoms with Crippen molar-refractivity contribution in [3.63, 3.8) is 0 Å². The molecule has 130 valence electrons. The molecule has 0 saturated carbocycles. The number of amides is 2. The largest absolute Gasteiger partial charge is 0.335 e. The molecule has 25 heavy (non-hydrogen) atoms. The van der Waals surface area contributed by atoms with E-state index in [9.17, 15) is 9.59 Å². The van der Waals surface area contributed by atoms with Crippen LogP contribution in [0.25, 0.3) is 0 Å². The van der Waals surface area contributed by atoms with Gasteiger partial charge in [-0.2, -0.15) is 0 Å². The first-order chi connectivity index (χ1) is 12.0. The summed E-state index contributed by atoms with van der Waals surface area (Å²) < 4.78 is 0. The number of piperazine rings is 1. The van der Waals surface area contributed by atoms with Crippen LogP contribution in [0.4, 0.5) is 0 Å². The van der Waals surface area contributed by atoms with Crippen LogP contribution in [0.15, 0.2) is 48.5 Å². The lowest BCUT2D eigenvalue weighted by atomic mass is 10.1. The molecule has 2 aromatic carbocycles. The molecule has 0 N–H and O–H groups in total. The Kier molecular flexibility index (Phi) is 4.88. The molecular formula is C21H24N2O2. The van der Waals surface area contributed by atoms with Gasteiger partial charge in [-0.05, 0) is 45.0 Å². The second-order valence-corrected chi connectivity index (χ2v) is 6.83. The molecule has 1 saturated heterocycles. The first kappa shape index (κ1) is 17.2. The molecule has 0 unspecified atom stereocenters. The molecule has 1 aliphatic rings. The summed E-state index contributed by atoms with van der Waals surface area (Å²) in [5, 5.41) is 0. The number of hydrogen-bond acceptors (Lipinski definition) is 2. The molecule has 4 heteroatoms. The second-order valence-electron chi connectivity index (χ2n) is 6.83. The number of rotatable bonds is 2. The summed E-state index contributed by atoms with van der Waals surface area (Å²) in [6.45, 7) is 7.70. The van der Waals surface area contributed by atoms with E-state index in [1.165, 1.54) is 0 Å². The third kappa shape index (κ3) is 3.73. The van der Waals surface area contributed by atoms with Crippen LogP contribution < -0.4 is 0 Å². The van der Waals surface area contributed by atoms with Gasteiger partial charge in [-0.25, -0.2) is 0 Å². The van der Waals surface area contributed by atoms with Crippen molar-refractivity contribution in [3.05, 3.63) is 70.8 Å². The van der Waals surface area contributed by atoms with Crippen LogP contribution in [-0.4, -0.2) is 47.3 Å². The number of benzene rings is 2. The first-order valence-corrected chi connectivity index (χ1v) is 8.69.